The highest BCUT2D eigenvalue weighted by atomic mass is 32.2. The molecule has 3 rings (SSSR count). The predicted octanol–water partition coefficient (Wildman–Crippen LogP) is 2.07. The number of esters is 1. The number of hydrazine groups is 1. The number of hydrogen-bond acceptors (Lipinski definition) is 8. The van der Waals surface area contributed by atoms with Crippen LogP contribution in [-0.4, -0.2) is 47.2 Å². The summed E-state index contributed by atoms with van der Waals surface area (Å²) < 4.78 is 10.1. The van der Waals surface area contributed by atoms with Gasteiger partial charge in [-0.3, -0.25) is 25.1 Å². The van der Waals surface area contributed by atoms with Gasteiger partial charge in [-0.2, -0.15) is 0 Å². The quantitative estimate of drug-likeness (QED) is 0.401. The normalized spacial score (nSPS) is 15.6. The van der Waals surface area contributed by atoms with Gasteiger partial charge >= 0.3 is 5.97 Å². The number of ether oxygens (including phenoxy) is 2. The fraction of sp³-hybridized carbons (Fsp3) is 0.211. The van der Waals surface area contributed by atoms with Crippen LogP contribution in [0.3, 0.4) is 0 Å². The number of nitro benzene ring substituents is 1. The number of rotatable bonds is 7. The molecule has 1 unspecified atom stereocenters. The molecule has 1 N–H and O–H groups in total. The van der Waals surface area contributed by atoms with Gasteiger partial charge in [0.05, 0.1) is 17.8 Å². The van der Waals surface area contributed by atoms with Crippen LogP contribution < -0.4 is 10.2 Å². The lowest BCUT2D eigenvalue weighted by molar-refractivity contribution is -0.384. The molecule has 1 aliphatic rings. The first-order valence-electron chi connectivity index (χ1n) is 8.68. The lowest BCUT2D eigenvalue weighted by Gasteiger charge is -2.26. The zero-order valence-electron chi connectivity index (χ0n) is 15.8. The molecular formula is C19H17N3O7S. The molecule has 0 bridgehead atoms. The second-order valence-electron chi connectivity index (χ2n) is 6.07. The summed E-state index contributed by atoms with van der Waals surface area (Å²) in [6, 6.07) is 11.9. The van der Waals surface area contributed by atoms with Gasteiger partial charge < -0.3 is 9.47 Å². The Kier molecular flexibility index (Phi) is 6.52. The Bertz CT molecular complexity index is 980. The van der Waals surface area contributed by atoms with E-state index in [4.69, 9.17) is 4.74 Å². The van der Waals surface area contributed by atoms with E-state index in [9.17, 15) is 24.5 Å². The fourth-order valence-corrected chi connectivity index (χ4v) is 3.83. The zero-order valence-corrected chi connectivity index (χ0v) is 16.6. The highest BCUT2D eigenvalue weighted by Crippen LogP contribution is 2.41. The number of nitrogens with one attached hydrogen (secondary N) is 1. The van der Waals surface area contributed by atoms with Gasteiger partial charge in [0.1, 0.15) is 11.1 Å². The van der Waals surface area contributed by atoms with E-state index in [1.54, 1.807) is 24.3 Å². The Hall–Kier alpha value is -3.60. The molecule has 0 saturated carbocycles. The fourth-order valence-electron chi connectivity index (χ4n) is 2.69. The van der Waals surface area contributed by atoms with Crippen LogP contribution in [0.4, 0.5) is 5.69 Å². The van der Waals surface area contributed by atoms with Crippen molar-refractivity contribution in [3.05, 3.63) is 69.8 Å². The lowest BCUT2D eigenvalue weighted by Crippen LogP contribution is -2.44. The molecule has 1 fully saturated rings. The van der Waals surface area contributed by atoms with E-state index < -0.39 is 22.2 Å². The molecule has 0 aromatic heterocycles. The Morgan fingerprint density at radius 3 is 2.60 bits per heavy atom. The first-order chi connectivity index (χ1) is 14.4. The summed E-state index contributed by atoms with van der Waals surface area (Å²) in [5.74, 6) is -0.939. The topological polar surface area (TPSA) is 128 Å². The van der Waals surface area contributed by atoms with Crippen molar-refractivity contribution in [1.29, 1.82) is 0 Å². The average molecular weight is 431 g/mol. The maximum atomic E-state index is 12.6. The number of hydrogen-bond donors (Lipinski definition) is 1. The number of carbonyl (C=O) groups excluding carboxylic acids is 3. The molecule has 1 heterocycles. The van der Waals surface area contributed by atoms with Crippen molar-refractivity contribution in [2.75, 3.05) is 19.5 Å². The summed E-state index contributed by atoms with van der Waals surface area (Å²) in [5, 5.41) is 11.4. The monoisotopic (exact) mass is 431 g/mol. The standard InChI is InChI=1S/C19H17N3O7S/c1-28-17(24)10-29-15-5-3-2-4-14(15)19-21(16(23)11-30-19)20-18(25)12-6-8-13(9-7-12)22(26)27/h2-9,19H,10-11H2,1H3,(H,20,25). The Morgan fingerprint density at radius 1 is 1.23 bits per heavy atom. The summed E-state index contributed by atoms with van der Waals surface area (Å²) in [4.78, 5) is 46.5. The number of para-hydroxylation sites is 1. The molecule has 1 aliphatic heterocycles. The molecule has 2 aromatic rings. The molecule has 2 amide bonds. The second kappa shape index (κ2) is 9.27. The van der Waals surface area contributed by atoms with Gasteiger partial charge in [-0.1, -0.05) is 18.2 Å². The molecule has 10 nitrogen and oxygen atoms in total. The number of carbonyl (C=O) groups is 3. The van der Waals surface area contributed by atoms with Crippen LogP contribution in [0.5, 0.6) is 5.75 Å². The van der Waals surface area contributed by atoms with Crippen LogP contribution in [0.1, 0.15) is 21.3 Å². The molecule has 1 atom stereocenters. The van der Waals surface area contributed by atoms with E-state index in [1.165, 1.54) is 48.1 Å². The molecule has 0 aliphatic carbocycles. The van der Waals surface area contributed by atoms with Crippen molar-refractivity contribution in [3.63, 3.8) is 0 Å². The van der Waals surface area contributed by atoms with E-state index in [1.807, 2.05) is 0 Å². The van der Waals surface area contributed by atoms with Gasteiger partial charge in [0.25, 0.3) is 17.5 Å². The minimum absolute atomic E-state index is 0.135. The van der Waals surface area contributed by atoms with Gasteiger partial charge in [0.2, 0.25) is 0 Å². The first kappa shape index (κ1) is 21.1. The molecule has 156 valence electrons. The number of nitrogens with zero attached hydrogens (tertiary/aromatic N) is 2. The Morgan fingerprint density at radius 2 is 1.93 bits per heavy atom. The number of amides is 2. The maximum absolute atomic E-state index is 12.6. The van der Waals surface area contributed by atoms with E-state index >= 15 is 0 Å². The molecule has 11 heteroatoms. The van der Waals surface area contributed by atoms with Gasteiger partial charge in [-0.05, 0) is 18.2 Å². The molecule has 0 radical (unpaired) electrons. The van der Waals surface area contributed by atoms with E-state index in [-0.39, 0.29) is 29.5 Å². The van der Waals surface area contributed by atoms with Crippen LogP contribution in [0.2, 0.25) is 0 Å². The van der Waals surface area contributed by atoms with E-state index in [2.05, 4.69) is 10.2 Å². The second-order valence-corrected chi connectivity index (χ2v) is 7.14. The highest BCUT2D eigenvalue weighted by Gasteiger charge is 2.36. The maximum Gasteiger partial charge on any atom is 0.343 e. The Balaban J connectivity index is 1.78. The van der Waals surface area contributed by atoms with E-state index in [0.29, 0.717) is 11.3 Å². The molecule has 30 heavy (non-hydrogen) atoms. The zero-order chi connectivity index (χ0) is 21.7. The summed E-state index contributed by atoms with van der Waals surface area (Å²) in [5.41, 5.74) is 3.17. The third kappa shape index (κ3) is 4.69. The minimum atomic E-state index is -0.585. The van der Waals surface area contributed by atoms with Crippen LogP contribution >= 0.6 is 11.8 Å². The van der Waals surface area contributed by atoms with Crippen molar-refractivity contribution in [3.8, 4) is 5.75 Å². The molecule has 0 spiro atoms. The summed E-state index contributed by atoms with van der Waals surface area (Å²) >= 11 is 1.29. The van der Waals surface area contributed by atoms with Gasteiger partial charge in [-0.15, -0.1) is 11.8 Å². The van der Waals surface area contributed by atoms with Crippen molar-refractivity contribution in [2.24, 2.45) is 0 Å². The first-order valence-corrected chi connectivity index (χ1v) is 9.73. The molecule has 1 saturated heterocycles. The SMILES string of the molecule is COC(=O)COc1ccccc1C1SCC(=O)N1NC(=O)c1ccc([N+](=O)[O-])cc1. The van der Waals surface area contributed by atoms with Gasteiger partial charge in [0, 0.05) is 23.3 Å². The average Bonchev–Trinajstić information content (AvgIpc) is 3.12. The van der Waals surface area contributed by atoms with Gasteiger partial charge in [-0.25, -0.2) is 9.80 Å². The number of nitro groups is 1. The van der Waals surface area contributed by atoms with Crippen molar-refractivity contribution < 1.29 is 28.8 Å². The Labute approximate surface area is 175 Å². The minimum Gasteiger partial charge on any atom is -0.482 e. The molecule has 2 aromatic carbocycles. The van der Waals surface area contributed by atoms with Crippen LogP contribution in [0, 0.1) is 10.1 Å². The summed E-state index contributed by atoms with van der Waals surface area (Å²) in [6.07, 6.45) is 0. The summed E-state index contributed by atoms with van der Waals surface area (Å²) in [6.45, 7) is -0.298. The number of benzene rings is 2. The smallest absolute Gasteiger partial charge is 0.343 e. The van der Waals surface area contributed by atoms with Crippen molar-refractivity contribution in [1.82, 2.24) is 10.4 Å². The lowest BCUT2D eigenvalue weighted by atomic mass is 10.2. The predicted molar refractivity (Wildman–Crippen MR) is 107 cm³/mol. The van der Waals surface area contributed by atoms with Crippen molar-refractivity contribution >= 4 is 35.2 Å². The van der Waals surface area contributed by atoms with Crippen LogP contribution in [0.15, 0.2) is 48.5 Å². The summed E-state index contributed by atoms with van der Waals surface area (Å²) in [7, 11) is 1.25. The largest absolute Gasteiger partial charge is 0.482 e. The number of thioether (sulfide) groups is 1. The van der Waals surface area contributed by atoms with Gasteiger partial charge in [0.15, 0.2) is 6.61 Å². The van der Waals surface area contributed by atoms with Crippen LogP contribution in [0.25, 0.3) is 0 Å². The number of methoxy groups -OCH3 is 1. The number of non-ortho nitro benzene ring substituents is 1. The van der Waals surface area contributed by atoms with Crippen LogP contribution in [-0.2, 0) is 14.3 Å². The third-order valence-corrected chi connectivity index (χ3v) is 5.38. The molecular weight excluding hydrogens is 414 g/mol. The van der Waals surface area contributed by atoms with Crippen molar-refractivity contribution in [2.45, 2.75) is 5.37 Å². The third-order valence-electron chi connectivity index (χ3n) is 4.19. The highest BCUT2D eigenvalue weighted by molar-refractivity contribution is 8.00. The van der Waals surface area contributed by atoms with E-state index in [0.717, 1.165) is 0 Å².